The predicted octanol–water partition coefficient (Wildman–Crippen LogP) is 0.618. The summed E-state index contributed by atoms with van der Waals surface area (Å²) in [5, 5.41) is 3.44. The van der Waals surface area contributed by atoms with Crippen molar-refractivity contribution in [3.63, 3.8) is 0 Å². The number of anilines is 1. The van der Waals surface area contributed by atoms with E-state index < -0.39 is 0 Å². The van der Waals surface area contributed by atoms with Crippen LogP contribution in [0.15, 0.2) is 35.8 Å². The molecule has 1 aliphatic heterocycles. The smallest absolute Gasteiger partial charge is 0.269 e. The van der Waals surface area contributed by atoms with E-state index in [0.29, 0.717) is 18.5 Å². The van der Waals surface area contributed by atoms with Crippen LogP contribution in [0.4, 0.5) is 5.82 Å². The topological polar surface area (TPSA) is 85.2 Å². The van der Waals surface area contributed by atoms with Crippen molar-refractivity contribution >= 4 is 5.82 Å². The molecule has 2 aromatic rings. The molecule has 128 valence electrons. The van der Waals surface area contributed by atoms with Gasteiger partial charge in [-0.2, -0.15) is 0 Å². The summed E-state index contributed by atoms with van der Waals surface area (Å²) >= 11 is 0. The fourth-order valence-corrected chi connectivity index (χ4v) is 2.85. The number of rotatable bonds is 6. The Balaban J connectivity index is 1.45. The molecule has 24 heavy (non-hydrogen) atoms. The van der Waals surface area contributed by atoms with Gasteiger partial charge in [-0.1, -0.05) is 0 Å². The van der Waals surface area contributed by atoms with E-state index in [-0.39, 0.29) is 5.56 Å². The van der Waals surface area contributed by atoms with Crippen molar-refractivity contribution in [2.45, 2.75) is 25.4 Å². The summed E-state index contributed by atoms with van der Waals surface area (Å²) in [7, 11) is 1.60. The van der Waals surface area contributed by atoms with Crippen molar-refractivity contribution < 1.29 is 4.74 Å². The van der Waals surface area contributed by atoms with Crippen molar-refractivity contribution in [1.29, 1.82) is 0 Å². The Bertz CT molecular complexity index is 711. The predicted molar refractivity (Wildman–Crippen MR) is 90.2 cm³/mol. The first kappa shape index (κ1) is 16.4. The van der Waals surface area contributed by atoms with Gasteiger partial charge >= 0.3 is 0 Å². The summed E-state index contributed by atoms with van der Waals surface area (Å²) in [4.78, 5) is 26.1. The van der Waals surface area contributed by atoms with Crippen LogP contribution in [-0.4, -0.2) is 57.2 Å². The molecule has 0 unspecified atom stereocenters. The number of nitrogens with zero attached hydrogens (tertiary/aromatic N) is 5. The zero-order chi connectivity index (χ0) is 16.8. The van der Waals surface area contributed by atoms with Gasteiger partial charge < -0.3 is 19.5 Å². The molecule has 8 heteroatoms. The van der Waals surface area contributed by atoms with Crippen molar-refractivity contribution in [3.8, 4) is 5.88 Å². The van der Waals surface area contributed by atoms with E-state index >= 15 is 0 Å². The van der Waals surface area contributed by atoms with Crippen LogP contribution < -0.4 is 15.6 Å². The third-order valence-electron chi connectivity index (χ3n) is 4.25. The first-order valence-corrected chi connectivity index (χ1v) is 8.10. The van der Waals surface area contributed by atoms with Gasteiger partial charge in [0.15, 0.2) is 0 Å². The van der Waals surface area contributed by atoms with Crippen molar-refractivity contribution in [2.75, 3.05) is 32.1 Å². The van der Waals surface area contributed by atoms with Gasteiger partial charge in [-0.05, 0) is 12.8 Å². The molecule has 0 atom stereocenters. The quantitative estimate of drug-likeness (QED) is 0.831. The number of piperidine rings is 1. The van der Waals surface area contributed by atoms with E-state index in [1.54, 1.807) is 24.1 Å². The normalized spacial score (nSPS) is 16.0. The molecule has 3 rings (SSSR count). The van der Waals surface area contributed by atoms with Crippen LogP contribution in [-0.2, 0) is 6.54 Å². The summed E-state index contributed by atoms with van der Waals surface area (Å²) in [6.45, 7) is 3.57. The molecular weight excluding hydrogens is 308 g/mol. The maximum atomic E-state index is 11.6. The molecular formula is C16H22N6O2. The molecule has 0 amide bonds. The molecule has 0 saturated carbocycles. The molecule has 3 heterocycles. The Kier molecular flexibility index (Phi) is 5.37. The van der Waals surface area contributed by atoms with Crippen molar-refractivity contribution in [2.24, 2.45) is 0 Å². The number of ether oxygens (including phenoxy) is 1. The van der Waals surface area contributed by atoms with Crippen LogP contribution in [0.1, 0.15) is 12.8 Å². The molecule has 1 saturated heterocycles. The van der Waals surface area contributed by atoms with Gasteiger partial charge in [0, 0.05) is 50.7 Å². The average molecular weight is 330 g/mol. The minimum atomic E-state index is -0.0493. The molecule has 1 fully saturated rings. The lowest BCUT2D eigenvalue weighted by atomic mass is 10.1. The van der Waals surface area contributed by atoms with Crippen LogP contribution in [0.25, 0.3) is 0 Å². The first-order chi connectivity index (χ1) is 11.7. The summed E-state index contributed by atoms with van der Waals surface area (Å²) in [6, 6.07) is 2.20. The van der Waals surface area contributed by atoms with E-state index in [9.17, 15) is 4.79 Å². The fraction of sp³-hybridized carbons (Fsp3) is 0.500. The number of hydrogen-bond acceptors (Lipinski definition) is 7. The van der Waals surface area contributed by atoms with E-state index in [1.165, 1.54) is 12.5 Å². The SMILES string of the molecule is COc1cc(NC2CCN(CCn3ccncc3=O)CC2)ncn1. The highest BCUT2D eigenvalue weighted by atomic mass is 16.5. The Morgan fingerprint density at radius 2 is 2.12 bits per heavy atom. The van der Waals surface area contributed by atoms with Gasteiger partial charge in [-0.25, -0.2) is 9.97 Å². The van der Waals surface area contributed by atoms with Crippen LogP contribution in [0.3, 0.4) is 0 Å². The van der Waals surface area contributed by atoms with Crippen LogP contribution >= 0.6 is 0 Å². The second kappa shape index (κ2) is 7.87. The monoisotopic (exact) mass is 330 g/mol. The zero-order valence-corrected chi connectivity index (χ0v) is 13.8. The van der Waals surface area contributed by atoms with Gasteiger partial charge in [-0.3, -0.25) is 9.78 Å². The van der Waals surface area contributed by atoms with Crippen LogP contribution in [0.2, 0.25) is 0 Å². The number of hydrogen-bond donors (Lipinski definition) is 1. The Morgan fingerprint density at radius 3 is 2.88 bits per heavy atom. The van der Waals surface area contributed by atoms with E-state index in [0.717, 1.165) is 38.3 Å². The zero-order valence-electron chi connectivity index (χ0n) is 13.8. The number of likely N-dealkylation sites (tertiary alicyclic amines) is 1. The number of aromatic nitrogens is 4. The average Bonchev–Trinajstić information content (AvgIpc) is 2.62. The lowest BCUT2D eigenvalue weighted by molar-refractivity contribution is 0.210. The second-order valence-corrected chi connectivity index (χ2v) is 5.81. The van der Waals surface area contributed by atoms with Crippen LogP contribution in [0.5, 0.6) is 5.88 Å². The summed E-state index contributed by atoms with van der Waals surface area (Å²) in [5.41, 5.74) is -0.0493. The Labute approximate surface area is 140 Å². The van der Waals surface area contributed by atoms with Crippen molar-refractivity contribution in [1.82, 2.24) is 24.4 Å². The maximum Gasteiger partial charge on any atom is 0.269 e. The maximum absolute atomic E-state index is 11.6. The first-order valence-electron chi connectivity index (χ1n) is 8.10. The number of methoxy groups -OCH3 is 1. The van der Waals surface area contributed by atoms with Crippen LogP contribution in [0, 0.1) is 0 Å². The number of nitrogens with one attached hydrogen (secondary N) is 1. The van der Waals surface area contributed by atoms with Gasteiger partial charge in [-0.15, -0.1) is 0 Å². The molecule has 0 bridgehead atoms. The minimum absolute atomic E-state index is 0.0493. The van der Waals surface area contributed by atoms with Crippen molar-refractivity contribution in [3.05, 3.63) is 41.3 Å². The van der Waals surface area contributed by atoms with E-state index in [2.05, 4.69) is 25.2 Å². The highest BCUT2D eigenvalue weighted by Crippen LogP contribution is 2.17. The Morgan fingerprint density at radius 1 is 1.29 bits per heavy atom. The molecule has 1 N–H and O–H groups in total. The van der Waals surface area contributed by atoms with E-state index in [4.69, 9.17) is 4.74 Å². The van der Waals surface area contributed by atoms with Gasteiger partial charge in [0.25, 0.3) is 5.56 Å². The summed E-state index contributed by atoms with van der Waals surface area (Å²) in [5.74, 6) is 1.36. The molecule has 8 nitrogen and oxygen atoms in total. The Hall–Kier alpha value is -2.48. The lowest BCUT2D eigenvalue weighted by Crippen LogP contribution is -2.41. The summed E-state index contributed by atoms with van der Waals surface area (Å²) < 4.78 is 6.81. The molecule has 0 radical (unpaired) electrons. The largest absolute Gasteiger partial charge is 0.481 e. The molecule has 2 aromatic heterocycles. The lowest BCUT2D eigenvalue weighted by Gasteiger charge is -2.32. The molecule has 0 aliphatic carbocycles. The second-order valence-electron chi connectivity index (χ2n) is 5.81. The molecule has 0 aromatic carbocycles. The standard InChI is InChI=1S/C16H22N6O2/c1-24-15-10-14(18-12-19-15)20-13-2-5-21(6-3-13)8-9-22-7-4-17-11-16(22)23/h4,7,10-13H,2-3,5-6,8-9H2,1H3,(H,18,19,20). The summed E-state index contributed by atoms with van der Waals surface area (Å²) in [6.07, 6.45) is 8.32. The van der Waals surface area contributed by atoms with Gasteiger partial charge in [0.2, 0.25) is 5.88 Å². The van der Waals surface area contributed by atoms with Gasteiger partial charge in [0.05, 0.1) is 13.3 Å². The minimum Gasteiger partial charge on any atom is -0.481 e. The fourth-order valence-electron chi connectivity index (χ4n) is 2.85. The third kappa shape index (κ3) is 4.29. The van der Waals surface area contributed by atoms with E-state index in [1.807, 2.05) is 6.07 Å². The molecule has 0 spiro atoms. The van der Waals surface area contributed by atoms with Gasteiger partial charge in [0.1, 0.15) is 12.1 Å². The third-order valence-corrected chi connectivity index (χ3v) is 4.25. The highest BCUT2D eigenvalue weighted by Gasteiger charge is 2.19. The highest BCUT2D eigenvalue weighted by molar-refractivity contribution is 5.38. The molecule has 1 aliphatic rings.